The summed E-state index contributed by atoms with van der Waals surface area (Å²) in [6.07, 6.45) is 2.64. The highest BCUT2D eigenvalue weighted by Gasteiger charge is 1.95. The van der Waals surface area contributed by atoms with Gasteiger partial charge in [0.1, 0.15) is 0 Å². The molecule has 1 atom stereocenters. The van der Waals surface area contributed by atoms with Gasteiger partial charge in [-0.3, -0.25) is 4.21 Å². The van der Waals surface area contributed by atoms with Gasteiger partial charge in [0.05, 0.1) is 11.6 Å². The summed E-state index contributed by atoms with van der Waals surface area (Å²) in [7, 11) is -0.702. The molecule has 3 nitrogen and oxygen atoms in total. The fourth-order valence-electron chi connectivity index (χ4n) is 1.38. The first-order valence-corrected chi connectivity index (χ1v) is 6.95. The first-order valence-electron chi connectivity index (χ1n) is 5.22. The monoisotopic (exact) mass is 236 g/mol. The molecule has 1 unspecified atom stereocenters. The van der Waals surface area contributed by atoms with Crippen molar-refractivity contribution in [2.24, 2.45) is 0 Å². The summed E-state index contributed by atoms with van der Waals surface area (Å²) >= 11 is 0. The molecule has 0 radical (unpaired) electrons. The van der Waals surface area contributed by atoms with Gasteiger partial charge in [-0.2, -0.15) is 5.26 Å². The molecule has 0 aliphatic rings. The molecule has 1 N–H and O–H groups in total. The summed E-state index contributed by atoms with van der Waals surface area (Å²) in [5.74, 6) is 0.741. The average Bonchev–Trinajstić information content (AvgIpc) is 2.28. The van der Waals surface area contributed by atoms with Crippen LogP contribution < -0.4 is 5.32 Å². The Morgan fingerprint density at radius 1 is 1.50 bits per heavy atom. The Hall–Kier alpha value is -1.18. The number of nitrogens with one attached hydrogen (secondary N) is 1. The number of benzene rings is 1. The second-order valence-electron chi connectivity index (χ2n) is 3.62. The third-order valence-corrected chi connectivity index (χ3v) is 3.03. The summed E-state index contributed by atoms with van der Waals surface area (Å²) in [4.78, 5) is 0. The van der Waals surface area contributed by atoms with Crippen molar-refractivity contribution in [1.82, 2.24) is 5.32 Å². The van der Waals surface area contributed by atoms with E-state index in [4.69, 9.17) is 5.26 Å². The van der Waals surface area contributed by atoms with E-state index < -0.39 is 10.8 Å². The molecule has 1 rings (SSSR count). The summed E-state index contributed by atoms with van der Waals surface area (Å²) in [6, 6.07) is 9.67. The van der Waals surface area contributed by atoms with Gasteiger partial charge in [0, 0.05) is 29.4 Å². The van der Waals surface area contributed by atoms with Gasteiger partial charge in [-0.05, 0) is 30.7 Å². The number of hydrogen-bond acceptors (Lipinski definition) is 3. The van der Waals surface area contributed by atoms with Crippen LogP contribution in [0.2, 0.25) is 0 Å². The van der Waals surface area contributed by atoms with Crippen molar-refractivity contribution in [3.8, 4) is 6.07 Å². The van der Waals surface area contributed by atoms with Crippen LogP contribution in [0, 0.1) is 11.3 Å². The lowest BCUT2D eigenvalue weighted by molar-refractivity contribution is 0.662. The third-order valence-electron chi connectivity index (χ3n) is 2.17. The van der Waals surface area contributed by atoms with Crippen molar-refractivity contribution >= 4 is 10.8 Å². The summed E-state index contributed by atoms with van der Waals surface area (Å²) in [5, 5.41) is 12.0. The van der Waals surface area contributed by atoms with E-state index in [2.05, 4.69) is 11.4 Å². The third kappa shape index (κ3) is 5.06. The lowest BCUT2D eigenvalue weighted by Gasteiger charge is -2.04. The van der Waals surface area contributed by atoms with Crippen LogP contribution in [-0.4, -0.2) is 22.8 Å². The van der Waals surface area contributed by atoms with E-state index in [1.165, 1.54) is 0 Å². The molecule has 0 spiro atoms. The maximum absolute atomic E-state index is 10.8. The molecular weight excluding hydrogens is 220 g/mol. The van der Waals surface area contributed by atoms with Crippen molar-refractivity contribution in [1.29, 1.82) is 5.26 Å². The molecule has 0 saturated heterocycles. The average molecular weight is 236 g/mol. The minimum atomic E-state index is -0.702. The molecule has 16 heavy (non-hydrogen) atoms. The van der Waals surface area contributed by atoms with E-state index in [0.717, 1.165) is 30.8 Å². The maximum atomic E-state index is 10.8. The molecule has 0 amide bonds. The molecule has 4 heteroatoms. The Morgan fingerprint density at radius 3 is 3.00 bits per heavy atom. The van der Waals surface area contributed by atoms with E-state index in [9.17, 15) is 4.21 Å². The van der Waals surface area contributed by atoms with Gasteiger partial charge in [0.25, 0.3) is 0 Å². The highest BCUT2D eigenvalue weighted by molar-refractivity contribution is 7.84. The second-order valence-corrected chi connectivity index (χ2v) is 5.17. The first kappa shape index (κ1) is 12.9. The molecular formula is C12H16N2OS. The summed E-state index contributed by atoms with van der Waals surface area (Å²) < 4.78 is 10.8. The van der Waals surface area contributed by atoms with Crippen molar-refractivity contribution in [2.75, 3.05) is 18.6 Å². The van der Waals surface area contributed by atoms with Crippen LogP contribution in [-0.2, 0) is 17.3 Å². The van der Waals surface area contributed by atoms with Crippen LogP contribution in [0.3, 0.4) is 0 Å². The van der Waals surface area contributed by atoms with Crippen LogP contribution >= 0.6 is 0 Å². The number of rotatable bonds is 6. The second kappa shape index (κ2) is 7.15. The molecule has 0 aromatic heterocycles. The van der Waals surface area contributed by atoms with E-state index in [1.54, 1.807) is 12.3 Å². The molecule has 0 aliphatic heterocycles. The van der Waals surface area contributed by atoms with Crippen molar-refractivity contribution in [3.05, 3.63) is 35.4 Å². The molecule has 0 aliphatic carbocycles. The van der Waals surface area contributed by atoms with Crippen molar-refractivity contribution in [3.63, 3.8) is 0 Å². The maximum Gasteiger partial charge on any atom is 0.0991 e. The van der Waals surface area contributed by atoms with Gasteiger partial charge in [0.2, 0.25) is 0 Å². The number of nitriles is 1. The van der Waals surface area contributed by atoms with E-state index in [1.807, 2.05) is 18.2 Å². The Kier molecular flexibility index (Phi) is 5.76. The minimum Gasteiger partial charge on any atom is -0.313 e. The standard InChI is InChI=1S/C12H16N2OS/c1-16(15)7-3-6-14-10-12-5-2-4-11(8-12)9-13/h2,4-5,8,14H,3,6-7,10H2,1H3. The highest BCUT2D eigenvalue weighted by atomic mass is 32.2. The van der Waals surface area contributed by atoms with Gasteiger partial charge in [0.15, 0.2) is 0 Å². The zero-order valence-corrected chi connectivity index (χ0v) is 10.2. The van der Waals surface area contributed by atoms with Gasteiger partial charge in [-0.25, -0.2) is 0 Å². The fraction of sp³-hybridized carbons (Fsp3) is 0.417. The SMILES string of the molecule is CS(=O)CCCNCc1cccc(C#N)c1. The Morgan fingerprint density at radius 2 is 2.31 bits per heavy atom. The van der Waals surface area contributed by atoms with E-state index >= 15 is 0 Å². The van der Waals surface area contributed by atoms with Crippen LogP contribution in [0.1, 0.15) is 17.5 Å². The number of nitrogens with zero attached hydrogens (tertiary/aromatic N) is 1. The molecule has 1 aromatic carbocycles. The van der Waals surface area contributed by atoms with Crippen LogP contribution in [0.25, 0.3) is 0 Å². The smallest absolute Gasteiger partial charge is 0.0991 e. The molecule has 0 fully saturated rings. The molecule has 1 aromatic rings. The minimum absolute atomic E-state index is 0.689. The van der Waals surface area contributed by atoms with Crippen molar-refractivity contribution < 1.29 is 4.21 Å². The largest absolute Gasteiger partial charge is 0.313 e. The molecule has 0 heterocycles. The lowest BCUT2D eigenvalue weighted by atomic mass is 10.1. The van der Waals surface area contributed by atoms with Gasteiger partial charge >= 0.3 is 0 Å². The Bertz CT molecular complexity index is 398. The number of hydrogen-bond donors (Lipinski definition) is 1. The summed E-state index contributed by atoms with van der Waals surface area (Å²) in [5.41, 5.74) is 1.80. The normalized spacial score (nSPS) is 12.0. The van der Waals surface area contributed by atoms with Crippen LogP contribution in [0.4, 0.5) is 0 Å². The van der Waals surface area contributed by atoms with Crippen LogP contribution in [0.15, 0.2) is 24.3 Å². The topological polar surface area (TPSA) is 52.9 Å². The molecule has 0 bridgehead atoms. The molecule has 86 valence electrons. The quantitative estimate of drug-likeness (QED) is 0.760. The van der Waals surface area contributed by atoms with Crippen molar-refractivity contribution in [2.45, 2.75) is 13.0 Å². The zero-order chi connectivity index (χ0) is 11.8. The van der Waals surface area contributed by atoms with E-state index in [-0.39, 0.29) is 0 Å². The predicted molar refractivity (Wildman–Crippen MR) is 66.4 cm³/mol. The van der Waals surface area contributed by atoms with Crippen LogP contribution in [0.5, 0.6) is 0 Å². The fourth-order valence-corrected chi connectivity index (χ4v) is 1.93. The lowest BCUT2D eigenvalue weighted by Crippen LogP contribution is -2.16. The molecule has 0 saturated carbocycles. The van der Waals surface area contributed by atoms with Gasteiger partial charge < -0.3 is 5.32 Å². The Labute approximate surface area is 98.9 Å². The Balaban J connectivity index is 2.27. The van der Waals surface area contributed by atoms with E-state index in [0.29, 0.717) is 5.56 Å². The van der Waals surface area contributed by atoms with Gasteiger partial charge in [-0.15, -0.1) is 0 Å². The predicted octanol–water partition coefficient (Wildman–Crippen LogP) is 1.42. The highest BCUT2D eigenvalue weighted by Crippen LogP contribution is 2.03. The summed E-state index contributed by atoms with van der Waals surface area (Å²) in [6.45, 7) is 1.61. The zero-order valence-electron chi connectivity index (χ0n) is 9.40. The van der Waals surface area contributed by atoms with Gasteiger partial charge in [-0.1, -0.05) is 12.1 Å². The first-order chi connectivity index (χ1) is 7.72.